The number of nitrogens with zero attached hydrogens (tertiary/aromatic N) is 5. The van der Waals surface area contributed by atoms with Crippen LogP contribution in [0, 0.1) is 26.7 Å². The van der Waals surface area contributed by atoms with Gasteiger partial charge in [0.25, 0.3) is 0 Å². The van der Waals surface area contributed by atoms with Crippen LogP contribution < -0.4 is 0 Å². The fraction of sp³-hybridized carbons (Fsp3) is 0.533. The van der Waals surface area contributed by atoms with E-state index in [1.165, 1.54) is 0 Å². The van der Waals surface area contributed by atoms with Gasteiger partial charge in [-0.1, -0.05) is 29.8 Å². The summed E-state index contributed by atoms with van der Waals surface area (Å²) >= 11 is 6.72. The van der Waals surface area contributed by atoms with Crippen LogP contribution in [0.25, 0.3) is 0 Å². The van der Waals surface area contributed by atoms with Crippen molar-refractivity contribution in [2.75, 3.05) is 53.0 Å². The molecule has 0 bridgehead atoms. The molecule has 3 heterocycles. The van der Waals surface area contributed by atoms with Gasteiger partial charge in [0.2, 0.25) is 5.91 Å². The Morgan fingerprint density at radius 2 is 1.77 bits per heavy atom. The summed E-state index contributed by atoms with van der Waals surface area (Å²) in [5.74, 6) is -0.944. The van der Waals surface area contributed by atoms with Crippen LogP contribution >= 0.6 is 11.6 Å². The third-order valence-corrected chi connectivity index (χ3v) is 8.22. The number of likely N-dealkylation sites (N-methyl/N-ethyl adjacent to an activating group) is 1. The number of rotatable bonds is 9. The van der Waals surface area contributed by atoms with Gasteiger partial charge in [-0.2, -0.15) is 0 Å². The normalized spacial score (nSPS) is 20.1. The average Bonchev–Trinajstić information content (AvgIpc) is 3.16. The molecule has 2 unspecified atom stereocenters. The summed E-state index contributed by atoms with van der Waals surface area (Å²) in [7, 11) is 2.05. The van der Waals surface area contributed by atoms with Crippen molar-refractivity contribution in [3.8, 4) is 0 Å². The molecule has 0 spiro atoms. The number of halogens is 1. The fourth-order valence-electron chi connectivity index (χ4n) is 5.58. The van der Waals surface area contributed by atoms with Crippen molar-refractivity contribution in [1.29, 1.82) is 0 Å². The maximum Gasteiger partial charge on any atom is 0.336 e. The van der Waals surface area contributed by atoms with Gasteiger partial charge in [0.15, 0.2) is 0 Å². The number of benzene rings is 1. The first-order valence-corrected chi connectivity index (χ1v) is 14.3. The molecule has 1 fully saturated rings. The minimum atomic E-state index is -0.675. The molecule has 40 heavy (non-hydrogen) atoms. The van der Waals surface area contributed by atoms with Gasteiger partial charge in [-0.15, -0.1) is 0 Å². The Kier molecular flexibility index (Phi) is 9.81. The summed E-state index contributed by atoms with van der Waals surface area (Å²) in [6.45, 7) is 13.8. The molecule has 2 atom stereocenters. The van der Waals surface area contributed by atoms with Crippen LogP contribution in [-0.2, 0) is 25.6 Å². The van der Waals surface area contributed by atoms with E-state index in [9.17, 15) is 9.59 Å². The van der Waals surface area contributed by atoms with Crippen molar-refractivity contribution in [3.63, 3.8) is 0 Å². The number of amides is 1. The van der Waals surface area contributed by atoms with Crippen LogP contribution in [-0.4, -0.2) is 90.0 Å². The van der Waals surface area contributed by atoms with E-state index in [0.29, 0.717) is 53.8 Å². The molecule has 0 radical (unpaired) electrons. The topological polar surface area (TPSA) is 89.3 Å². The molecule has 0 aliphatic carbocycles. The van der Waals surface area contributed by atoms with Crippen LogP contribution in [0.15, 0.2) is 40.5 Å². The first-order valence-electron chi connectivity index (χ1n) is 13.9. The number of carbonyl (C=O) groups excluding carboxylic acids is 2. The number of imidazole rings is 1. The predicted octanol–water partition coefficient (Wildman–Crippen LogP) is 3.94. The molecule has 0 saturated carbocycles. The standard InChI is InChI=1S/C30H40ClN5O4/c1-7-40-30(38)28-25(18-39-17-16-36-21(4)19(2)32-22(36)5)33-20(3)26(27(28)23-10-8-9-11-24(23)31)29(37)35-14-12-34(6)13-15-35/h8-11,26-27H,7,12-18H2,1-6H3. The highest BCUT2D eigenvalue weighted by atomic mass is 35.5. The Morgan fingerprint density at radius 1 is 1.07 bits per heavy atom. The third-order valence-electron chi connectivity index (χ3n) is 7.88. The van der Waals surface area contributed by atoms with E-state index in [-0.39, 0.29) is 19.1 Å². The van der Waals surface area contributed by atoms with Crippen LogP contribution in [0.3, 0.4) is 0 Å². The Morgan fingerprint density at radius 3 is 2.40 bits per heavy atom. The molecular formula is C30H40ClN5O4. The number of hydrogen-bond donors (Lipinski definition) is 0. The maximum absolute atomic E-state index is 14.0. The van der Waals surface area contributed by atoms with Crippen molar-refractivity contribution >= 4 is 29.2 Å². The number of piperazine rings is 1. The SMILES string of the molecule is CCOC(=O)C1=C(COCCn2c(C)nc(C)c2C)N=C(C)C(C(=O)N2CCN(C)CC2)C1c1ccccc1Cl. The smallest absolute Gasteiger partial charge is 0.336 e. The van der Waals surface area contributed by atoms with Gasteiger partial charge < -0.3 is 23.8 Å². The van der Waals surface area contributed by atoms with Crippen molar-refractivity contribution in [1.82, 2.24) is 19.4 Å². The highest BCUT2D eigenvalue weighted by Crippen LogP contribution is 2.43. The Labute approximate surface area is 241 Å². The minimum Gasteiger partial charge on any atom is -0.463 e. The number of hydrogen-bond acceptors (Lipinski definition) is 7. The molecule has 4 rings (SSSR count). The molecule has 2 aliphatic rings. The number of aliphatic imine (C=N–C) groups is 1. The first-order chi connectivity index (χ1) is 19.1. The van der Waals surface area contributed by atoms with E-state index >= 15 is 0 Å². The van der Waals surface area contributed by atoms with E-state index < -0.39 is 17.8 Å². The molecule has 9 nitrogen and oxygen atoms in total. The van der Waals surface area contributed by atoms with E-state index in [0.717, 1.165) is 30.3 Å². The number of carbonyl (C=O) groups is 2. The zero-order valence-corrected chi connectivity index (χ0v) is 25.1. The van der Waals surface area contributed by atoms with Gasteiger partial charge in [-0.05, 0) is 53.3 Å². The Bertz CT molecular complexity index is 1310. The maximum atomic E-state index is 14.0. The van der Waals surface area contributed by atoms with Gasteiger partial charge >= 0.3 is 5.97 Å². The summed E-state index contributed by atoms with van der Waals surface area (Å²) in [4.78, 5) is 41.0. The van der Waals surface area contributed by atoms with Gasteiger partial charge in [0, 0.05) is 55.1 Å². The molecule has 1 amide bonds. The Hall–Kier alpha value is -3.01. The summed E-state index contributed by atoms with van der Waals surface area (Å²) in [6.07, 6.45) is 0. The summed E-state index contributed by atoms with van der Waals surface area (Å²) < 4.78 is 13.7. The third kappa shape index (κ3) is 6.32. The van der Waals surface area contributed by atoms with Crippen LogP contribution in [0.4, 0.5) is 0 Å². The summed E-state index contributed by atoms with van der Waals surface area (Å²) in [5, 5.41) is 0.488. The number of esters is 1. The van der Waals surface area contributed by atoms with Gasteiger partial charge in [-0.3, -0.25) is 9.79 Å². The molecule has 1 aromatic carbocycles. The molecule has 216 valence electrons. The lowest BCUT2D eigenvalue weighted by Gasteiger charge is -2.39. The predicted molar refractivity (Wildman–Crippen MR) is 156 cm³/mol. The van der Waals surface area contributed by atoms with Crippen LogP contribution in [0.2, 0.25) is 5.02 Å². The van der Waals surface area contributed by atoms with Crippen molar-refractivity contribution in [3.05, 3.63) is 63.3 Å². The van der Waals surface area contributed by atoms with E-state index in [2.05, 4.69) is 14.5 Å². The second-order valence-corrected chi connectivity index (χ2v) is 10.9. The fourth-order valence-corrected chi connectivity index (χ4v) is 5.83. The van der Waals surface area contributed by atoms with Crippen LogP contribution in [0.5, 0.6) is 0 Å². The lowest BCUT2D eigenvalue weighted by atomic mass is 9.74. The molecule has 0 N–H and O–H groups in total. The monoisotopic (exact) mass is 569 g/mol. The highest BCUT2D eigenvalue weighted by molar-refractivity contribution is 6.31. The molecular weight excluding hydrogens is 530 g/mol. The molecule has 1 aromatic heterocycles. The highest BCUT2D eigenvalue weighted by Gasteiger charge is 2.44. The van der Waals surface area contributed by atoms with Gasteiger partial charge in [0.05, 0.1) is 42.7 Å². The largest absolute Gasteiger partial charge is 0.463 e. The van der Waals surface area contributed by atoms with Crippen molar-refractivity contribution in [2.24, 2.45) is 10.9 Å². The lowest BCUT2D eigenvalue weighted by molar-refractivity contribution is -0.139. The average molecular weight is 570 g/mol. The van der Waals surface area contributed by atoms with E-state index in [1.807, 2.05) is 57.8 Å². The number of aromatic nitrogens is 2. The van der Waals surface area contributed by atoms with E-state index in [4.69, 9.17) is 26.1 Å². The quantitative estimate of drug-likeness (QED) is 0.336. The molecule has 10 heteroatoms. The summed E-state index contributed by atoms with van der Waals surface area (Å²) in [6, 6.07) is 7.37. The molecule has 2 aliphatic heterocycles. The van der Waals surface area contributed by atoms with Gasteiger partial charge in [0.1, 0.15) is 5.82 Å². The molecule has 1 saturated heterocycles. The second-order valence-electron chi connectivity index (χ2n) is 10.5. The minimum absolute atomic E-state index is 0.0533. The van der Waals surface area contributed by atoms with E-state index in [1.54, 1.807) is 13.0 Å². The zero-order valence-electron chi connectivity index (χ0n) is 24.4. The zero-order chi connectivity index (χ0) is 29.0. The summed E-state index contributed by atoms with van der Waals surface area (Å²) in [5.41, 5.74) is 4.24. The number of ether oxygens (including phenoxy) is 2. The van der Waals surface area contributed by atoms with Crippen molar-refractivity contribution < 1.29 is 19.1 Å². The first kappa shape index (κ1) is 30.0. The van der Waals surface area contributed by atoms with Crippen LogP contribution in [0.1, 0.15) is 42.5 Å². The second kappa shape index (κ2) is 13.1. The van der Waals surface area contributed by atoms with Gasteiger partial charge in [-0.25, -0.2) is 9.78 Å². The Balaban J connectivity index is 1.69. The molecule has 2 aromatic rings. The van der Waals surface area contributed by atoms with Crippen molar-refractivity contribution in [2.45, 2.75) is 47.1 Å². The number of aryl methyl sites for hydroxylation is 2. The lowest BCUT2D eigenvalue weighted by Crippen LogP contribution is -2.51.